The Morgan fingerprint density at radius 2 is 2.33 bits per heavy atom. The van der Waals surface area contributed by atoms with Gasteiger partial charge in [0.25, 0.3) is 0 Å². The molecule has 1 amide bonds. The smallest absolute Gasteiger partial charge is 0.422 e. The number of aromatic nitrogens is 1. The predicted octanol–water partition coefficient (Wildman–Crippen LogP) is 2.56. The van der Waals surface area contributed by atoms with Gasteiger partial charge in [0, 0.05) is 5.38 Å². The zero-order valence-corrected chi connectivity index (χ0v) is 8.41. The van der Waals surface area contributed by atoms with Crippen LogP contribution < -0.4 is 5.32 Å². The van der Waals surface area contributed by atoms with Crippen LogP contribution in [0.1, 0.15) is 5.69 Å². The van der Waals surface area contributed by atoms with Crippen LogP contribution in [0.4, 0.5) is 23.1 Å². The average Bonchev–Trinajstić information content (AvgIpc) is 2.47. The molecule has 4 nitrogen and oxygen atoms in total. The lowest BCUT2D eigenvalue weighted by molar-refractivity contribution is -0.159. The molecule has 0 bridgehead atoms. The van der Waals surface area contributed by atoms with E-state index in [1.54, 1.807) is 12.3 Å². The number of halogens is 3. The molecule has 0 aromatic carbocycles. The summed E-state index contributed by atoms with van der Waals surface area (Å²) < 4.78 is 38.8. The Kier molecular flexibility index (Phi) is 3.51. The summed E-state index contributed by atoms with van der Waals surface area (Å²) in [6.45, 7) is 0.0892. The monoisotopic (exact) mass is 240 g/mol. The molecule has 8 heteroatoms. The molecule has 1 rings (SSSR count). The topological polar surface area (TPSA) is 51.2 Å². The third-order valence-corrected chi connectivity index (χ3v) is 2.07. The maximum atomic E-state index is 11.6. The Morgan fingerprint density at radius 3 is 2.80 bits per heavy atom. The van der Waals surface area contributed by atoms with Crippen molar-refractivity contribution >= 4 is 22.6 Å². The molecule has 1 N–H and O–H groups in total. The van der Waals surface area contributed by atoms with Gasteiger partial charge in [-0.05, 0) is 6.92 Å². The highest BCUT2D eigenvalue weighted by atomic mass is 32.1. The van der Waals surface area contributed by atoms with Gasteiger partial charge in [0.2, 0.25) is 0 Å². The number of alkyl halides is 3. The summed E-state index contributed by atoms with van der Waals surface area (Å²) >= 11 is 1.11. The normalized spacial score (nSPS) is 11.2. The molecule has 0 aliphatic rings. The van der Waals surface area contributed by atoms with Crippen LogP contribution in [0.15, 0.2) is 5.38 Å². The molecule has 1 heterocycles. The molecule has 0 saturated carbocycles. The molecule has 0 saturated heterocycles. The van der Waals surface area contributed by atoms with Crippen LogP contribution in [0.3, 0.4) is 0 Å². The van der Waals surface area contributed by atoms with Crippen molar-refractivity contribution in [3.05, 3.63) is 11.1 Å². The van der Waals surface area contributed by atoms with Crippen LogP contribution in [-0.2, 0) is 4.74 Å². The highest BCUT2D eigenvalue weighted by molar-refractivity contribution is 7.13. The van der Waals surface area contributed by atoms with Crippen molar-refractivity contribution in [1.82, 2.24) is 4.98 Å². The molecule has 84 valence electrons. The van der Waals surface area contributed by atoms with Crippen molar-refractivity contribution in [1.29, 1.82) is 0 Å². The molecule has 0 spiro atoms. The van der Waals surface area contributed by atoms with E-state index in [4.69, 9.17) is 0 Å². The van der Waals surface area contributed by atoms with Crippen molar-refractivity contribution in [3.63, 3.8) is 0 Å². The van der Waals surface area contributed by atoms with Crippen LogP contribution in [0.5, 0.6) is 0 Å². The maximum absolute atomic E-state index is 11.6. The molecule has 0 unspecified atom stereocenters. The summed E-state index contributed by atoms with van der Waals surface area (Å²) in [5.74, 6) is 0. The van der Waals surface area contributed by atoms with Crippen LogP contribution in [0.25, 0.3) is 0 Å². The SMILES string of the molecule is Cc1csc(NC(=O)OCC(F)(F)F)n1. The number of rotatable bonds is 2. The minimum absolute atomic E-state index is 0.208. The minimum atomic E-state index is -4.52. The lowest BCUT2D eigenvalue weighted by Crippen LogP contribution is -2.23. The van der Waals surface area contributed by atoms with Gasteiger partial charge >= 0.3 is 12.3 Å². The molecule has 0 fully saturated rings. The number of hydrogen-bond acceptors (Lipinski definition) is 4. The molecule has 15 heavy (non-hydrogen) atoms. The number of carbonyl (C=O) groups excluding carboxylic acids is 1. The molecule has 1 aromatic heterocycles. The van der Waals surface area contributed by atoms with Gasteiger partial charge in [-0.1, -0.05) is 0 Å². The van der Waals surface area contributed by atoms with Gasteiger partial charge in [-0.15, -0.1) is 11.3 Å². The molecule has 0 aliphatic heterocycles. The van der Waals surface area contributed by atoms with E-state index in [1.165, 1.54) is 0 Å². The van der Waals surface area contributed by atoms with Gasteiger partial charge in [-0.3, -0.25) is 5.32 Å². The van der Waals surface area contributed by atoms with E-state index in [9.17, 15) is 18.0 Å². The zero-order chi connectivity index (χ0) is 11.5. The lowest BCUT2D eigenvalue weighted by Gasteiger charge is -2.07. The molecule has 0 aliphatic carbocycles. The van der Waals surface area contributed by atoms with Crippen molar-refractivity contribution in [2.45, 2.75) is 13.1 Å². The van der Waals surface area contributed by atoms with Crippen LogP contribution in [0.2, 0.25) is 0 Å². The Labute approximate surface area is 87.1 Å². The summed E-state index contributed by atoms with van der Waals surface area (Å²) in [7, 11) is 0. The van der Waals surface area contributed by atoms with Crippen molar-refractivity contribution in [2.75, 3.05) is 11.9 Å². The van der Waals surface area contributed by atoms with Gasteiger partial charge in [0.1, 0.15) is 0 Å². The molecule has 0 atom stereocenters. The third-order valence-electron chi connectivity index (χ3n) is 1.19. The van der Waals surface area contributed by atoms with Crippen molar-refractivity contribution < 1.29 is 22.7 Å². The van der Waals surface area contributed by atoms with Gasteiger partial charge in [-0.2, -0.15) is 13.2 Å². The van der Waals surface area contributed by atoms with Gasteiger partial charge in [-0.25, -0.2) is 9.78 Å². The van der Waals surface area contributed by atoms with E-state index in [2.05, 4.69) is 15.0 Å². The zero-order valence-electron chi connectivity index (χ0n) is 7.59. The summed E-state index contributed by atoms with van der Waals surface area (Å²) in [4.78, 5) is 14.6. The molecule has 1 aromatic rings. The number of ether oxygens (including phenoxy) is 1. The van der Waals surface area contributed by atoms with E-state index < -0.39 is 18.9 Å². The number of aryl methyl sites for hydroxylation is 1. The van der Waals surface area contributed by atoms with E-state index in [0.717, 1.165) is 11.3 Å². The average molecular weight is 240 g/mol. The number of thiazole rings is 1. The first-order valence-corrected chi connectivity index (χ1v) is 4.67. The number of nitrogens with one attached hydrogen (secondary N) is 1. The van der Waals surface area contributed by atoms with E-state index in [-0.39, 0.29) is 5.13 Å². The first-order valence-electron chi connectivity index (χ1n) is 3.79. The maximum Gasteiger partial charge on any atom is 0.422 e. The number of nitrogens with zero attached hydrogens (tertiary/aromatic N) is 1. The Bertz CT molecular complexity index is 350. The number of hydrogen-bond donors (Lipinski definition) is 1. The standard InChI is InChI=1S/C7H7F3N2O2S/c1-4-2-15-5(11-4)12-6(13)14-3-7(8,9)10/h2H,3H2,1H3,(H,11,12,13). The predicted molar refractivity (Wildman–Crippen MR) is 47.9 cm³/mol. The lowest BCUT2D eigenvalue weighted by atomic mass is 10.6. The Hall–Kier alpha value is -1.31. The fraction of sp³-hybridized carbons (Fsp3) is 0.429. The van der Waals surface area contributed by atoms with Crippen LogP contribution in [0, 0.1) is 6.92 Å². The van der Waals surface area contributed by atoms with Crippen LogP contribution in [-0.4, -0.2) is 23.9 Å². The molecular formula is C7H7F3N2O2S. The van der Waals surface area contributed by atoms with Gasteiger partial charge in [0.05, 0.1) is 5.69 Å². The Morgan fingerprint density at radius 1 is 1.67 bits per heavy atom. The second kappa shape index (κ2) is 4.47. The fourth-order valence-electron chi connectivity index (χ4n) is 0.682. The minimum Gasteiger partial charge on any atom is -0.440 e. The Balaban J connectivity index is 2.37. The summed E-state index contributed by atoms with van der Waals surface area (Å²) in [6, 6.07) is 0. The molecule has 0 radical (unpaired) electrons. The number of amides is 1. The molecular weight excluding hydrogens is 233 g/mol. The highest BCUT2D eigenvalue weighted by Gasteiger charge is 2.29. The third kappa shape index (κ3) is 4.63. The second-order valence-corrected chi connectivity index (χ2v) is 3.47. The number of carbonyl (C=O) groups is 1. The van der Waals surface area contributed by atoms with Gasteiger partial charge < -0.3 is 4.74 Å². The highest BCUT2D eigenvalue weighted by Crippen LogP contribution is 2.17. The van der Waals surface area contributed by atoms with Gasteiger partial charge in [0.15, 0.2) is 11.7 Å². The number of anilines is 1. The fourth-order valence-corrected chi connectivity index (χ4v) is 1.36. The first-order chi connectivity index (χ1) is 6.87. The summed E-state index contributed by atoms with van der Waals surface area (Å²) in [6.07, 6.45) is -5.68. The largest absolute Gasteiger partial charge is 0.440 e. The van der Waals surface area contributed by atoms with E-state index >= 15 is 0 Å². The van der Waals surface area contributed by atoms with Crippen molar-refractivity contribution in [3.8, 4) is 0 Å². The quantitative estimate of drug-likeness (QED) is 0.864. The van der Waals surface area contributed by atoms with Crippen LogP contribution >= 0.6 is 11.3 Å². The summed E-state index contributed by atoms with van der Waals surface area (Å²) in [5, 5.41) is 3.94. The van der Waals surface area contributed by atoms with E-state index in [0.29, 0.717) is 5.69 Å². The van der Waals surface area contributed by atoms with E-state index in [1.807, 2.05) is 0 Å². The summed E-state index contributed by atoms with van der Waals surface area (Å²) in [5.41, 5.74) is 0.672. The second-order valence-electron chi connectivity index (χ2n) is 2.61. The van der Waals surface area contributed by atoms with Crippen molar-refractivity contribution in [2.24, 2.45) is 0 Å². The first kappa shape index (κ1) is 11.8.